The fourth-order valence-electron chi connectivity index (χ4n) is 4.65. The van der Waals surface area contributed by atoms with Crippen LogP contribution in [-0.2, 0) is 25.1 Å². The van der Waals surface area contributed by atoms with Gasteiger partial charge in [-0.15, -0.1) is 10.2 Å². The van der Waals surface area contributed by atoms with E-state index in [0.717, 1.165) is 0 Å². The molecule has 2 aromatic heterocycles. The molecule has 0 aliphatic carbocycles. The van der Waals surface area contributed by atoms with Crippen molar-refractivity contribution in [1.29, 1.82) is 0 Å². The summed E-state index contributed by atoms with van der Waals surface area (Å²) in [6, 6.07) is 8.02. The van der Waals surface area contributed by atoms with Crippen LogP contribution in [0.3, 0.4) is 0 Å². The normalized spacial score (nSPS) is 14.8. The number of rotatable bonds is 15. The zero-order valence-corrected chi connectivity index (χ0v) is 25.8. The summed E-state index contributed by atoms with van der Waals surface area (Å²) in [4.78, 5) is 45.5. The summed E-state index contributed by atoms with van der Waals surface area (Å²) in [5.41, 5.74) is 0.421. The molecule has 0 radical (unpaired) electrons. The Labute approximate surface area is 263 Å². The van der Waals surface area contributed by atoms with E-state index in [2.05, 4.69) is 30.6 Å². The minimum atomic E-state index is -4.19. The van der Waals surface area contributed by atoms with Gasteiger partial charge in [-0.05, 0) is 24.6 Å². The number of carbonyl (C=O) groups is 3. The number of morpholine rings is 1. The van der Waals surface area contributed by atoms with Crippen molar-refractivity contribution >= 4 is 27.6 Å². The quantitative estimate of drug-likeness (QED) is 0.138. The molecule has 0 spiro atoms. The van der Waals surface area contributed by atoms with Gasteiger partial charge in [0.1, 0.15) is 17.8 Å². The Kier molecular flexibility index (Phi) is 12.1. The van der Waals surface area contributed by atoms with Crippen molar-refractivity contribution in [2.45, 2.75) is 44.7 Å². The number of sulfone groups is 1. The Morgan fingerprint density at radius 1 is 1.07 bits per heavy atom. The minimum absolute atomic E-state index is 0.0175. The molecule has 17 heteroatoms. The number of alkyl halides is 2. The SMILES string of the molecule is CCCCC(C(=O)N[C@H](CS(=O)(=O)Cc1ccccc1OC(F)F)NC(=O)N1CCOCC1)C(=O)c1nnc(-c2cccnc2)o1. The number of amides is 3. The summed E-state index contributed by atoms with van der Waals surface area (Å²) in [5, 5.41) is 12.7. The monoisotopic (exact) mass is 664 g/mol. The molecule has 1 saturated heterocycles. The molecular formula is C29H34F2N6O8S. The number of benzene rings is 1. The predicted molar refractivity (Wildman–Crippen MR) is 158 cm³/mol. The fraction of sp³-hybridized carbons (Fsp3) is 0.448. The third kappa shape index (κ3) is 9.74. The summed E-state index contributed by atoms with van der Waals surface area (Å²) in [5.74, 6) is -5.29. The van der Waals surface area contributed by atoms with Crippen molar-refractivity contribution in [2.24, 2.45) is 5.92 Å². The number of para-hydroxylation sites is 1. The van der Waals surface area contributed by atoms with Crippen LogP contribution in [0.25, 0.3) is 11.5 Å². The smallest absolute Gasteiger partial charge is 0.387 e. The molecule has 0 saturated carbocycles. The maximum absolute atomic E-state index is 13.6. The van der Waals surface area contributed by atoms with Crippen molar-refractivity contribution < 1.29 is 45.5 Å². The van der Waals surface area contributed by atoms with Crippen LogP contribution in [0.4, 0.5) is 13.6 Å². The zero-order chi connectivity index (χ0) is 33.1. The molecule has 3 amide bonds. The molecule has 46 heavy (non-hydrogen) atoms. The van der Waals surface area contributed by atoms with Crippen LogP contribution in [0.15, 0.2) is 53.2 Å². The summed E-state index contributed by atoms with van der Waals surface area (Å²) >= 11 is 0. The van der Waals surface area contributed by atoms with E-state index in [9.17, 15) is 31.6 Å². The Balaban J connectivity index is 1.55. The number of ketones is 1. The van der Waals surface area contributed by atoms with Gasteiger partial charge in [-0.1, -0.05) is 38.0 Å². The Bertz CT molecular complexity index is 1590. The fourth-order valence-corrected chi connectivity index (χ4v) is 6.15. The molecular weight excluding hydrogens is 630 g/mol. The Hall–Kier alpha value is -4.51. The van der Waals surface area contributed by atoms with Gasteiger partial charge < -0.3 is 29.4 Å². The summed E-state index contributed by atoms with van der Waals surface area (Å²) < 4.78 is 67.8. The van der Waals surface area contributed by atoms with Crippen molar-refractivity contribution in [1.82, 2.24) is 30.7 Å². The first-order valence-electron chi connectivity index (χ1n) is 14.5. The highest BCUT2D eigenvalue weighted by Gasteiger charge is 2.34. The standard InChI is InChI=1S/C29H34F2N6O8S/c1-2-3-9-21(24(38)27-36-35-26(45-27)19-8-6-11-32-16-19)25(39)33-23(34-29(40)37-12-14-43-15-13-37)18-46(41,42)17-20-7-4-5-10-22(20)44-28(30)31/h4-8,10-11,16,21,23,28H,2-3,9,12-15,17-18H2,1H3,(H,33,39)(H,34,40)/t21?,23-/m0/s1. The van der Waals surface area contributed by atoms with Gasteiger partial charge in [-0.3, -0.25) is 14.6 Å². The van der Waals surface area contributed by atoms with Crippen LogP contribution in [0.5, 0.6) is 5.75 Å². The van der Waals surface area contributed by atoms with E-state index in [-0.39, 0.29) is 49.9 Å². The Morgan fingerprint density at radius 2 is 1.83 bits per heavy atom. The van der Waals surface area contributed by atoms with Gasteiger partial charge in [0.2, 0.25) is 17.6 Å². The van der Waals surface area contributed by atoms with Crippen LogP contribution in [0, 0.1) is 5.92 Å². The lowest BCUT2D eigenvalue weighted by Gasteiger charge is -2.30. The molecule has 1 aromatic carbocycles. The van der Waals surface area contributed by atoms with E-state index in [1.54, 1.807) is 18.3 Å². The molecule has 1 aliphatic rings. The molecule has 248 valence electrons. The average Bonchev–Trinajstić information content (AvgIpc) is 3.53. The van der Waals surface area contributed by atoms with E-state index < -0.39 is 63.7 Å². The highest BCUT2D eigenvalue weighted by atomic mass is 32.2. The number of halogens is 2. The van der Waals surface area contributed by atoms with Crippen molar-refractivity contribution in [3.05, 3.63) is 60.2 Å². The van der Waals surface area contributed by atoms with E-state index in [1.807, 2.05) is 6.92 Å². The number of pyridine rings is 1. The first-order valence-corrected chi connectivity index (χ1v) is 16.3. The number of urea groups is 1. The van der Waals surface area contributed by atoms with Crippen LogP contribution < -0.4 is 15.4 Å². The van der Waals surface area contributed by atoms with E-state index >= 15 is 0 Å². The molecule has 3 heterocycles. The number of hydrogen-bond donors (Lipinski definition) is 2. The molecule has 1 fully saturated rings. The van der Waals surface area contributed by atoms with Crippen LogP contribution in [0.2, 0.25) is 0 Å². The molecule has 1 unspecified atom stereocenters. The molecule has 2 N–H and O–H groups in total. The van der Waals surface area contributed by atoms with Crippen LogP contribution in [0.1, 0.15) is 42.4 Å². The summed E-state index contributed by atoms with van der Waals surface area (Å²) in [7, 11) is -4.19. The molecule has 4 rings (SSSR count). The molecule has 14 nitrogen and oxygen atoms in total. The number of nitrogens with zero attached hydrogens (tertiary/aromatic N) is 4. The first kappa shape index (κ1) is 34.4. The van der Waals surface area contributed by atoms with Gasteiger partial charge in [-0.2, -0.15) is 8.78 Å². The highest BCUT2D eigenvalue weighted by molar-refractivity contribution is 7.90. The minimum Gasteiger partial charge on any atom is -0.435 e. The first-order chi connectivity index (χ1) is 22.1. The lowest BCUT2D eigenvalue weighted by molar-refractivity contribution is -0.124. The number of carbonyl (C=O) groups excluding carboxylic acids is 3. The second-order valence-electron chi connectivity index (χ2n) is 10.4. The summed E-state index contributed by atoms with van der Waals surface area (Å²) in [6.45, 7) is -0.330. The zero-order valence-electron chi connectivity index (χ0n) is 24.9. The van der Waals surface area contributed by atoms with Gasteiger partial charge >= 0.3 is 12.6 Å². The number of Topliss-reactive ketones (excluding diaryl/α,β-unsaturated/α-hetero) is 1. The third-order valence-electron chi connectivity index (χ3n) is 6.92. The number of nitrogens with one attached hydrogen (secondary N) is 2. The van der Waals surface area contributed by atoms with E-state index in [0.29, 0.717) is 18.4 Å². The lowest BCUT2D eigenvalue weighted by Crippen LogP contribution is -2.57. The van der Waals surface area contributed by atoms with E-state index in [4.69, 9.17) is 9.15 Å². The largest absolute Gasteiger partial charge is 0.435 e. The molecule has 1 aliphatic heterocycles. The van der Waals surface area contributed by atoms with Crippen LogP contribution >= 0.6 is 0 Å². The topological polar surface area (TPSA) is 183 Å². The van der Waals surface area contributed by atoms with Gasteiger partial charge in [0.15, 0.2) is 9.84 Å². The average molecular weight is 665 g/mol. The second kappa shape index (κ2) is 16.2. The number of hydrogen-bond acceptors (Lipinski definition) is 11. The third-order valence-corrected chi connectivity index (χ3v) is 8.51. The number of ether oxygens (including phenoxy) is 2. The maximum atomic E-state index is 13.6. The van der Waals surface area contributed by atoms with Gasteiger partial charge in [0.05, 0.1) is 30.3 Å². The van der Waals surface area contributed by atoms with Crippen molar-refractivity contribution in [2.75, 3.05) is 32.1 Å². The number of aromatic nitrogens is 3. The Morgan fingerprint density at radius 3 is 2.52 bits per heavy atom. The highest BCUT2D eigenvalue weighted by Crippen LogP contribution is 2.24. The molecule has 0 bridgehead atoms. The van der Waals surface area contributed by atoms with Gasteiger partial charge in [0, 0.05) is 31.0 Å². The van der Waals surface area contributed by atoms with E-state index in [1.165, 1.54) is 35.4 Å². The lowest BCUT2D eigenvalue weighted by atomic mass is 9.96. The molecule has 2 atom stereocenters. The van der Waals surface area contributed by atoms with Gasteiger partial charge in [0.25, 0.3) is 5.89 Å². The van der Waals surface area contributed by atoms with Crippen molar-refractivity contribution in [3.8, 4) is 17.2 Å². The second-order valence-corrected chi connectivity index (χ2v) is 12.5. The maximum Gasteiger partial charge on any atom is 0.387 e. The van der Waals surface area contributed by atoms with Crippen molar-refractivity contribution in [3.63, 3.8) is 0 Å². The summed E-state index contributed by atoms with van der Waals surface area (Å²) in [6.07, 6.45) is 2.66. The van der Waals surface area contributed by atoms with Gasteiger partial charge in [-0.25, -0.2) is 13.2 Å². The number of unbranched alkanes of at least 4 members (excludes halogenated alkanes) is 1. The predicted octanol–water partition coefficient (Wildman–Crippen LogP) is 2.82. The van der Waals surface area contributed by atoms with Crippen LogP contribution in [-0.4, -0.2) is 91.1 Å². The molecule has 3 aromatic rings.